The smallest absolute Gasteiger partial charge is 0.250 e. The van der Waals surface area contributed by atoms with Crippen LogP contribution >= 0.6 is 0 Å². The molecule has 1 fully saturated rings. The summed E-state index contributed by atoms with van der Waals surface area (Å²) in [6.45, 7) is 5.97. The van der Waals surface area contributed by atoms with E-state index in [0.29, 0.717) is 30.2 Å². The van der Waals surface area contributed by atoms with E-state index in [1.54, 1.807) is 30.0 Å². The van der Waals surface area contributed by atoms with Gasteiger partial charge < -0.3 is 19.7 Å². The topological polar surface area (TPSA) is 67.9 Å². The van der Waals surface area contributed by atoms with E-state index in [-0.39, 0.29) is 18.6 Å². The molecule has 2 amide bonds. The minimum Gasteiger partial charge on any atom is -0.454 e. The van der Waals surface area contributed by atoms with Crippen LogP contribution in [-0.2, 0) is 9.59 Å². The number of nitrogens with one attached hydrogen (secondary N) is 1. The number of fused-ring (bicyclic) bond motifs is 1. The molecule has 116 valence electrons. The molecular formula is C16H18N2O4. The number of carbonyl (C=O) groups is 2. The van der Waals surface area contributed by atoms with E-state index in [0.717, 1.165) is 6.42 Å². The van der Waals surface area contributed by atoms with E-state index in [1.807, 2.05) is 0 Å². The van der Waals surface area contributed by atoms with E-state index in [4.69, 9.17) is 9.47 Å². The second kappa shape index (κ2) is 5.36. The molecule has 2 aliphatic heterocycles. The van der Waals surface area contributed by atoms with E-state index < -0.39 is 5.54 Å². The quantitative estimate of drug-likeness (QED) is 0.866. The first kappa shape index (κ1) is 14.4. The molecule has 1 saturated heterocycles. The Kier molecular flexibility index (Phi) is 3.52. The van der Waals surface area contributed by atoms with Crippen molar-refractivity contribution in [2.24, 2.45) is 0 Å². The Hall–Kier alpha value is -2.50. The first-order valence-electron chi connectivity index (χ1n) is 7.20. The Morgan fingerprint density at radius 2 is 2.23 bits per heavy atom. The summed E-state index contributed by atoms with van der Waals surface area (Å²) in [6, 6.07) is 5.32. The molecule has 2 heterocycles. The third-order valence-electron chi connectivity index (χ3n) is 4.22. The molecule has 0 saturated carbocycles. The van der Waals surface area contributed by atoms with Crippen molar-refractivity contribution in [2.45, 2.75) is 25.3 Å². The number of hydrogen-bond donors (Lipinski definition) is 1. The first-order valence-corrected chi connectivity index (χ1v) is 7.20. The van der Waals surface area contributed by atoms with Crippen LogP contribution in [0.15, 0.2) is 30.9 Å². The van der Waals surface area contributed by atoms with Crippen molar-refractivity contribution in [1.82, 2.24) is 4.90 Å². The fourth-order valence-electron chi connectivity index (χ4n) is 2.95. The highest BCUT2D eigenvalue weighted by Gasteiger charge is 2.45. The average Bonchev–Trinajstić information content (AvgIpc) is 3.14. The summed E-state index contributed by atoms with van der Waals surface area (Å²) in [5.74, 6) is 0.671. The van der Waals surface area contributed by atoms with Crippen LogP contribution in [0.1, 0.15) is 19.8 Å². The number of ether oxygens (including phenoxy) is 2. The van der Waals surface area contributed by atoms with Gasteiger partial charge in [-0.1, -0.05) is 12.6 Å². The number of hydrogen-bond acceptors (Lipinski definition) is 4. The molecule has 0 unspecified atom stereocenters. The second-order valence-corrected chi connectivity index (χ2v) is 5.56. The fraction of sp³-hybridized carbons (Fsp3) is 0.375. The van der Waals surface area contributed by atoms with Crippen LogP contribution in [0, 0.1) is 0 Å². The van der Waals surface area contributed by atoms with Crippen LogP contribution in [-0.4, -0.2) is 35.6 Å². The van der Waals surface area contributed by atoms with E-state index in [9.17, 15) is 9.59 Å². The molecule has 0 aliphatic carbocycles. The molecule has 0 radical (unpaired) electrons. The standard InChI is InChI=1S/C16H18N2O4/c1-3-13(19)18-9-5-8-16(18,2)15(20)17-11-6-4-7-12-14(11)22-10-21-12/h3-4,6-7H,1,5,8-10H2,2H3,(H,17,20)/t16-/m1/s1. The van der Waals surface area contributed by atoms with Crippen molar-refractivity contribution >= 4 is 17.5 Å². The maximum Gasteiger partial charge on any atom is 0.250 e. The molecule has 1 atom stereocenters. The molecule has 0 aromatic heterocycles. The van der Waals surface area contributed by atoms with Crippen LogP contribution in [0.2, 0.25) is 0 Å². The lowest BCUT2D eigenvalue weighted by Crippen LogP contribution is -2.52. The van der Waals surface area contributed by atoms with Crippen LogP contribution in [0.3, 0.4) is 0 Å². The molecule has 1 N–H and O–H groups in total. The van der Waals surface area contributed by atoms with E-state index in [2.05, 4.69) is 11.9 Å². The van der Waals surface area contributed by atoms with Crippen molar-refractivity contribution in [3.05, 3.63) is 30.9 Å². The van der Waals surface area contributed by atoms with Crippen molar-refractivity contribution in [1.29, 1.82) is 0 Å². The lowest BCUT2D eigenvalue weighted by atomic mass is 9.97. The molecule has 22 heavy (non-hydrogen) atoms. The van der Waals surface area contributed by atoms with E-state index in [1.165, 1.54) is 6.08 Å². The number of nitrogens with zero attached hydrogens (tertiary/aromatic N) is 1. The molecule has 0 spiro atoms. The number of benzene rings is 1. The van der Waals surface area contributed by atoms with Crippen LogP contribution < -0.4 is 14.8 Å². The van der Waals surface area contributed by atoms with E-state index >= 15 is 0 Å². The normalized spacial score (nSPS) is 22.5. The third kappa shape index (κ3) is 2.20. The Morgan fingerprint density at radius 3 is 3.00 bits per heavy atom. The van der Waals surface area contributed by atoms with Gasteiger partial charge in [-0.15, -0.1) is 0 Å². The van der Waals surface area contributed by atoms with Gasteiger partial charge >= 0.3 is 0 Å². The summed E-state index contributed by atoms with van der Waals surface area (Å²) < 4.78 is 10.7. The monoisotopic (exact) mass is 302 g/mol. The van der Waals surface area contributed by atoms with Gasteiger partial charge in [0.2, 0.25) is 18.6 Å². The van der Waals surface area contributed by atoms with Crippen molar-refractivity contribution in [3.63, 3.8) is 0 Å². The summed E-state index contributed by atoms with van der Waals surface area (Å²) in [6.07, 6.45) is 2.65. The minimum atomic E-state index is -0.881. The summed E-state index contributed by atoms with van der Waals surface area (Å²) in [5.41, 5.74) is -0.327. The van der Waals surface area contributed by atoms with Gasteiger partial charge in [-0.25, -0.2) is 0 Å². The maximum absolute atomic E-state index is 12.7. The predicted octanol–water partition coefficient (Wildman–Crippen LogP) is 1.92. The highest BCUT2D eigenvalue weighted by atomic mass is 16.7. The Balaban J connectivity index is 1.84. The van der Waals surface area contributed by atoms with Gasteiger partial charge in [0, 0.05) is 6.54 Å². The number of rotatable bonds is 3. The van der Waals surface area contributed by atoms with Crippen molar-refractivity contribution in [3.8, 4) is 11.5 Å². The number of likely N-dealkylation sites (tertiary alicyclic amines) is 1. The zero-order valence-electron chi connectivity index (χ0n) is 12.4. The van der Waals surface area contributed by atoms with Gasteiger partial charge in [-0.05, 0) is 38.0 Å². The first-order chi connectivity index (χ1) is 10.6. The van der Waals surface area contributed by atoms with Gasteiger partial charge in [-0.3, -0.25) is 9.59 Å². The highest BCUT2D eigenvalue weighted by Crippen LogP contribution is 2.40. The molecule has 2 aliphatic rings. The van der Waals surface area contributed by atoms with Crippen LogP contribution in [0.4, 0.5) is 5.69 Å². The summed E-state index contributed by atoms with van der Waals surface area (Å²) >= 11 is 0. The molecule has 1 aromatic carbocycles. The molecule has 3 rings (SSSR count). The molecular weight excluding hydrogens is 284 g/mol. The molecule has 0 bridgehead atoms. The second-order valence-electron chi connectivity index (χ2n) is 5.56. The average molecular weight is 302 g/mol. The largest absolute Gasteiger partial charge is 0.454 e. The molecule has 6 nitrogen and oxygen atoms in total. The summed E-state index contributed by atoms with van der Waals surface area (Å²) in [5, 5.41) is 2.86. The predicted molar refractivity (Wildman–Crippen MR) is 80.7 cm³/mol. The van der Waals surface area contributed by atoms with Gasteiger partial charge in [-0.2, -0.15) is 0 Å². The number of anilines is 1. The third-order valence-corrected chi connectivity index (χ3v) is 4.22. The lowest BCUT2D eigenvalue weighted by molar-refractivity contribution is -0.138. The lowest BCUT2D eigenvalue weighted by Gasteiger charge is -2.33. The summed E-state index contributed by atoms with van der Waals surface area (Å²) in [4.78, 5) is 26.3. The summed E-state index contributed by atoms with van der Waals surface area (Å²) in [7, 11) is 0. The number of para-hydroxylation sites is 1. The zero-order chi connectivity index (χ0) is 15.7. The van der Waals surface area contributed by atoms with Crippen LogP contribution in [0.5, 0.6) is 11.5 Å². The Bertz CT molecular complexity index is 643. The Morgan fingerprint density at radius 1 is 1.41 bits per heavy atom. The maximum atomic E-state index is 12.7. The molecule has 6 heteroatoms. The number of carbonyl (C=O) groups excluding carboxylic acids is 2. The number of amides is 2. The zero-order valence-corrected chi connectivity index (χ0v) is 12.4. The van der Waals surface area contributed by atoms with Gasteiger partial charge in [0.05, 0.1) is 5.69 Å². The van der Waals surface area contributed by atoms with Crippen LogP contribution in [0.25, 0.3) is 0 Å². The van der Waals surface area contributed by atoms with Crippen molar-refractivity contribution in [2.75, 3.05) is 18.7 Å². The Labute approximate surface area is 128 Å². The molecule has 1 aromatic rings. The van der Waals surface area contributed by atoms with Crippen molar-refractivity contribution < 1.29 is 19.1 Å². The van der Waals surface area contributed by atoms with Gasteiger partial charge in [0.15, 0.2) is 11.5 Å². The van der Waals surface area contributed by atoms with Gasteiger partial charge in [0.1, 0.15) is 5.54 Å². The minimum absolute atomic E-state index is 0.139. The SMILES string of the molecule is C=CC(=O)N1CCC[C@]1(C)C(=O)Nc1cccc2c1OCO2. The van der Waals surface area contributed by atoms with Gasteiger partial charge in [0.25, 0.3) is 0 Å². The highest BCUT2D eigenvalue weighted by molar-refractivity contribution is 6.03. The fourth-order valence-corrected chi connectivity index (χ4v) is 2.95.